The van der Waals surface area contributed by atoms with E-state index in [4.69, 9.17) is 0 Å². The van der Waals surface area contributed by atoms with Crippen LogP contribution in [0.4, 0.5) is 0 Å². The normalized spacial score (nSPS) is 9.45. The van der Waals surface area contributed by atoms with E-state index in [2.05, 4.69) is 35.5 Å². The van der Waals surface area contributed by atoms with Crippen LogP contribution in [0.1, 0.15) is 62.4 Å². The molecule has 0 unspecified atom stereocenters. The van der Waals surface area contributed by atoms with E-state index in [0.29, 0.717) is 14.6 Å². The first-order valence-corrected chi connectivity index (χ1v) is 12.1. The van der Waals surface area contributed by atoms with Gasteiger partial charge < -0.3 is 0 Å². The highest BCUT2D eigenvalue weighted by atomic mass is 32.1. The Labute approximate surface area is 202 Å². The molecule has 4 aromatic rings. The number of aldehydes is 3. The van der Waals surface area contributed by atoms with Gasteiger partial charge in [0.05, 0.1) is 14.6 Å². The van der Waals surface area contributed by atoms with Gasteiger partial charge >= 0.3 is 0 Å². The minimum absolute atomic E-state index is 0.626. The standard InChI is InChI=1S/C27H12O3S3/c28-13-25-10-22(16-31-25)4-1-19-7-20(2-5-23-11-26(14-29)32-17-23)9-21(8-19)3-6-24-12-27(15-30)33-18-24/h7-18H. The molecule has 0 spiro atoms. The van der Waals surface area contributed by atoms with Gasteiger partial charge in [-0.3, -0.25) is 14.4 Å². The van der Waals surface area contributed by atoms with Crippen LogP contribution >= 0.6 is 34.0 Å². The molecule has 3 nitrogen and oxygen atoms in total. The molecule has 3 heterocycles. The van der Waals surface area contributed by atoms with Crippen molar-refractivity contribution in [2.45, 2.75) is 0 Å². The third kappa shape index (κ3) is 6.04. The van der Waals surface area contributed by atoms with Gasteiger partial charge in [-0.25, -0.2) is 0 Å². The van der Waals surface area contributed by atoms with Crippen LogP contribution < -0.4 is 0 Å². The summed E-state index contributed by atoms with van der Waals surface area (Å²) in [6.45, 7) is 0. The molecule has 0 saturated carbocycles. The van der Waals surface area contributed by atoms with Crippen LogP contribution in [-0.2, 0) is 0 Å². The van der Waals surface area contributed by atoms with E-state index in [1.165, 1.54) is 34.0 Å². The molecule has 0 fully saturated rings. The summed E-state index contributed by atoms with van der Waals surface area (Å²) in [6.07, 6.45) is 2.42. The Morgan fingerprint density at radius 3 is 0.939 bits per heavy atom. The molecule has 4 rings (SSSR count). The molecule has 1 aromatic carbocycles. The lowest BCUT2D eigenvalue weighted by Crippen LogP contribution is -1.85. The lowest BCUT2D eigenvalue weighted by molar-refractivity contribution is 0.111. The molecule has 0 N–H and O–H groups in total. The van der Waals surface area contributed by atoms with Crippen LogP contribution in [0.15, 0.2) is 52.5 Å². The molecule has 0 aliphatic heterocycles. The predicted molar refractivity (Wildman–Crippen MR) is 134 cm³/mol. The van der Waals surface area contributed by atoms with Crippen molar-refractivity contribution in [1.29, 1.82) is 0 Å². The van der Waals surface area contributed by atoms with Gasteiger partial charge in [0.1, 0.15) is 0 Å². The van der Waals surface area contributed by atoms with Gasteiger partial charge in [-0.1, -0.05) is 35.5 Å². The Kier molecular flexibility index (Phi) is 7.10. The lowest BCUT2D eigenvalue weighted by atomic mass is 10.1. The molecule has 0 bridgehead atoms. The number of thiophene rings is 3. The van der Waals surface area contributed by atoms with Crippen LogP contribution in [0.2, 0.25) is 0 Å². The van der Waals surface area contributed by atoms with E-state index >= 15 is 0 Å². The quantitative estimate of drug-likeness (QED) is 0.287. The highest BCUT2D eigenvalue weighted by Gasteiger charge is 2.00. The summed E-state index contributed by atoms with van der Waals surface area (Å²) in [5.41, 5.74) is 4.52. The number of carbonyl (C=O) groups excluding carboxylic acids is 3. The fraction of sp³-hybridized carbons (Fsp3) is 0. The van der Waals surface area contributed by atoms with Crippen molar-refractivity contribution in [3.63, 3.8) is 0 Å². The van der Waals surface area contributed by atoms with Crippen molar-refractivity contribution >= 4 is 52.9 Å². The molecule has 0 atom stereocenters. The molecular formula is C27H12O3S3. The Morgan fingerprint density at radius 1 is 0.424 bits per heavy atom. The molecule has 6 heteroatoms. The number of carbonyl (C=O) groups is 3. The van der Waals surface area contributed by atoms with Crippen molar-refractivity contribution in [2.24, 2.45) is 0 Å². The topological polar surface area (TPSA) is 51.2 Å². The first-order valence-electron chi connectivity index (χ1n) is 9.47. The first-order chi connectivity index (χ1) is 16.1. The Hall–Kier alpha value is -3.99. The summed E-state index contributed by atoms with van der Waals surface area (Å²) in [4.78, 5) is 34.6. The van der Waals surface area contributed by atoms with E-state index in [-0.39, 0.29) is 0 Å². The number of hydrogen-bond acceptors (Lipinski definition) is 6. The minimum atomic E-state index is 0.626. The second-order valence-corrected chi connectivity index (χ2v) is 9.44. The Balaban J connectivity index is 1.70. The SMILES string of the molecule is O=Cc1cc(C#Cc2cc(C#Cc3csc(C=O)c3)cc(C#Cc3csc(C=O)c3)c2)cs1. The molecule has 3 aromatic heterocycles. The van der Waals surface area contributed by atoms with Crippen LogP contribution in [0, 0.1) is 35.5 Å². The van der Waals surface area contributed by atoms with Gasteiger partial charge in [0.15, 0.2) is 18.9 Å². The maximum absolute atomic E-state index is 10.9. The van der Waals surface area contributed by atoms with E-state index in [1.807, 2.05) is 34.3 Å². The van der Waals surface area contributed by atoms with Gasteiger partial charge in [0, 0.05) is 49.5 Å². The zero-order chi connectivity index (χ0) is 23.0. The van der Waals surface area contributed by atoms with Gasteiger partial charge in [0.25, 0.3) is 0 Å². The van der Waals surface area contributed by atoms with Gasteiger partial charge in [0.2, 0.25) is 0 Å². The van der Waals surface area contributed by atoms with Crippen molar-refractivity contribution in [3.8, 4) is 35.5 Å². The molecule has 0 radical (unpaired) electrons. The zero-order valence-corrected chi connectivity index (χ0v) is 19.3. The third-order valence-corrected chi connectivity index (χ3v) is 6.77. The van der Waals surface area contributed by atoms with Crippen molar-refractivity contribution in [1.82, 2.24) is 0 Å². The summed E-state index contributed by atoms with van der Waals surface area (Å²) >= 11 is 4.04. The van der Waals surface area contributed by atoms with E-state index in [0.717, 1.165) is 52.2 Å². The van der Waals surface area contributed by atoms with E-state index in [1.54, 1.807) is 18.2 Å². The van der Waals surface area contributed by atoms with Crippen molar-refractivity contribution in [3.05, 3.63) is 101 Å². The first kappa shape index (κ1) is 22.2. The van der Waals surface area contributed by atoms with Crippen molar-refractivity contribution in [2.75, 3.05) is 0 Å². The highest BCUT2D eigenvalue weighted by molar-refractivity contribution is 7.12. The summed E-state index contributed by atoms with van der Waals surface area (Å²) < 4.78 is 0. The third-order valence-electron chi connectivity index (χ3n) is 4.19. The Morgan fingerprint density at radius 2 is 0.697 bits per heavy atom. The fourth-order valence-corrected chi connectivity index (χ4v) is 4.64. The largest absolute Gasteiger partial charge is 0.297 e. The second-order valence-electron chi connectivity index (χ2n) is 6.62. The summed E-state index contributed by atoms with van der Waals surface area (Å²) in [6, 6.07) is 10.9. The molecule has 33 heavy (non-hydrogen) atoms. The zero-order valence-electron chi connectivity index (χ0n) is 16.9. The molecule has 0 aliphatic carbocycles. The summed E-state index contributed by atoms with van der Waals surface area (Å²) in [7, 11) is 0. The fourth-order valence-electron chi connectivity index (χ4n) is 2.72. The van der Waals surface area contributed by atoms with Crippen molar-refractivity contribution < 1.29 is 14.4 Å². The molecule has 0 amide bonds. The van der Waals surface area contributed by atoms with E-state index in [9.17, 15) is 14.4 Å². The van der Waals surface area contributed by atoms with E-state index < -0.39 is 0 Å². The van der Waals surface area contributed by atoms with Crippen LogP contribution in [0.25, 0.3) is 0 Å². The summed E-state index contributed by atoms with van der Waals surface area (Å²) in [5, 5.41) is 5.51. The number of rotatable bonds is 3. The predicted octanol–water partition coefficient (Wildman–Crippen LogP) is 5.51. The van der Waals surface area contributed by atoms with Gasteiger partial charge in [-0.05, 0) is 36.4 Å². The molecular weight excluding hydrogens is 468 g/mol. The highest BCUT2D eigenvalue weighted by Crippen LogP contribution is 2.15. The average molecular weight is 481 g/mol. The lowest BCUT2D eigenvalue weighted by Gasteiger charge is -1.97. The average Bonchev–Trinajstić information content (AvgIpc) is 3.60. The van der Waals surface area contributed by atoms with Gasteiger partial charge in [-0.2, -0.15) is 0 Å². The smallest absolute Gasteiger partial charge is 0.160 e. The molecule has 156 valence electrons. The second kappa shape index (κ2) is 10.6. The van der Waals surface area contributed by atoms with Crippen LogP contribution in [-0.4, -0.2) is 18.9 Å². The maximum Gasteiger partial charge on any atom is 0.160 e. The Bertz CT molecular complexity index is 1350. The number of hydrogen-bond donors (Lipinski definition) is 0. The van der Waals surface area contributed by atoms with Crippen LogP contribution in [0.3, 0.4) is 0 Å². The van der Waals surface area contributed by atoms with Gasteiger partial charge in [-0.15, -0.1) is 34.0 Å². The monoisotopic (exact) mass is 480 g/mol. The minimum Gasteiger partial charge on any atom is -0.297 e. The molecule has 0 saturated heterocycles. The number of benzene rings is 1. The summed E-state index contributed by atoms with van der Waals surface area (Å²) in [5.74, 6) is 18.6. The van der Waals surface area contributed by atoms with Crippen LogP contribution in [0.5, 0.6) is 0 Å². The molecule has 0 aliphatic rings. The maximum atomic E-state index is 10.9.